The van der Waals surface area contributed by atoms with Crippen molar-refractivity contribution < 1.29 is 24.2 Å². The molecule has 2 aromatic rings. The first-order valence-electron chi connectivity index (χ1n) is 7.34. The molecule has 0 unspecified atom stereocenters. The summed E-state index contributed by atoms with van der Waals surface area (Å²) < 4.78 is 10.0. The Kier molecular flexibility index (Phi) is 6.78. The zero-order valence-electron chi connectivity index (χ0n) is 12.8. The van der Waals surface area contributed by atoms with Crippen molar-refractivity contribution in [3.05, 3.63) is 71.8 Å². The van der Waals surface area contributed by atoms with Crippen molar-refractivity contribution in [2.24, 2.45) is 0 Å². The minimum absolute atomic E-state index is 0.195. The quantitative estimate of drug-likeness (QED) is 0.615. The number of aliphatic hydroxyl groups is 1. The highest BCUT2D eigenvalue weighted by Gasteiger charge is 2.21. The van der Waals surface area contributed by atoms with Crippen molar-refractivity contribution >= 4 is 23.5 Å². The molecule has 0 bridgehead atoms. The van der Waals surface area contributed by atoms with Crippen molar-refractivity contribution in [1.29, 1.82) is 0 Å². The van der Waals surface area contributed by atoms with Crippen LogP contribution in [-0.4, -0.2) is 41.7 Å². The monoisotopic (exact) mass is 348 g/mol. The highest BCUT2D eigenvalue weighted by molar-refractivity contribution is 6.21. The van der Waals surface area contributed by atoms with E-state index in [-0.39, 0.29) is 13.2 Å². The van der Waals surface area contributed by atoms with E-state index in [1.165, 1.54) is 0 Å². The molecule has 0 aromatic heterocycles. The van der Waals surface area contributed by atoms with Crippen molar-refractivity contribution in [2.75, 3.05) is 13.2 Å². The highest BCUT2D eigenvalue weighted by Crippen LogP contribution is 2.09. The molecule has 0 amide bonds. The average molecular weight is 349 g/mol. The van der Waals surface area contributed by atoms with E-state index in [4.69, 9.17) is 21.1 Å². The van der Waals surface area contributed by atoms with Crippen molar-refractivity contribution in [3.63, 3.8) is 0 Å². The number of esters is 2. The average Bonchev–Trinajstić information content (AvgIpc) is 2.64. The summed E-state index contributed by atoms with van der Waals surface area (Å²) >= 11 is 5.97. The molecule has 126 valence electrons. The summed E-state index contributed by atoms with van der Waals surface area (Å²) in [4.78, 5) is 23.5. The molecule has 2 atom stereocenters. The molecule has 24 heavy (non-hydrogen) atoms. The van der Waals surface area contributed by atoms with Gasteiger partial charge in [0, 0.05) is 0 Å². The van der Waals surface area contributed by atoms with Crippen LogP contribution >= 0.6 is 11.6 Å². The maximum absolute atomic E-state index is 11.8. The Morgan fingerprint density at radius 2 is 1.25 bits per heavy atom. The summed E-state index contributed by atoms with van der Waals surface area (Å²) in [6.45, 7) is -0.482. The van der Waals surface area contributed by atoms with Gasteiger partial charge >= 0.3 is 11.9 Å². The van der Waals surface area contributed by atoms with Gasteiger partial charge in [-0.3, -0.25) is 0 Å². The van der Waals surface area contributed by atoms with Gasteiger partial charge in [0.15, 0.2) is 0 Å². The number of alkyl halides is 1. The van der Waals surface area contributed by atoms with Crippen LogP contribution in [0.1, 0.15) is 20.7 Å². The Morgan fingerprint density at radius 3 is 1.71 bits per heavy atom. The number of halogens is 1. The van der Waals surface area contributed by atoms with E-state index in [1.54, 1.807) is 60.7 Å². The third-order valence-electron chi connectivity index (χ3n) is 3.20. The number of ether oxygens (including phenoxy) is 2. The van der Waals surface area contributed by atoms with Crippen LogP contribution in [0.15, 0.2) is 60.7 Å². The first kappa shape index (κ1) is 18.0. The Hall–Kier alpha value is -2.37. The van der Waals surface area contributed by atoms with E-state index in [0.29, 0.717) is 11.1 Å². The zero-order chi connectivity index (χ0) is 17.4. The normalized spacial score (nSPS) is 12.9. The highest BCUT2D eigenvalue weighted by atomic mass is 35.5. The smallest absolute Gasteiger partial charge is 0.338 e. The molecule has 0 saturated carbocycles. The second-order valence-corrected chi connectivity index (χ2v) is 5.57. The Morgan fingerprint density at radius 1 is 0.833 bits per heavy atom. The van der Waals surface area contributed by atoms with Gasteiger partial charge in [0.05, 0.1) is 16.5 Å². The fourth-order valence-corrected chi connectivity index (χ4v) is 1.98. The fourth-order valence-electron chi connectivity index (χ4n) is 1.85. The summed E-state index contributed by atoms with van der Waals surface area (Å²) in [5.41, 5.74) is 0.776. The van der Waals surface area contributed by atoms with Crippen LogP contribution in [0.3, 0.4) is 0 Å². The number of hydrogen-bond donors (Lipinski definition) is 1. The first-order chi connectivity index (χ1) is 11.6. The third kappa shape index (κ3) is 5.37. The van der Waals surface area contributed by atoms with Gasteiger partial charge in [-0.15, -0.1) is 11.6 Å². The van der Waals surface area contributed by atoms with E-state index in [9.17, 15) is 14.7 Å². The molecule has 0 aliphatic rings. The van der Waals surface area contributed by atoms with Gasteiger partial charge in [-0.25, -0.2) is 9.59 Å². The lowest BCUT2D eigenvalue weighted by atomic mass is 10.2. The second-order valence-electron chi connectivity index (χ2n) is 5.01. The molecule has 0 spiro atoms. The lowest BCUT2D eigenvalue weighted by Gasteiger charge is -2.17. The Labute approximate surface area is 144 Å². The summed E-state index contributed by atoms with van der Waals surface area (Å²) in [7, 11) is 0. The summed E-state index contributed by atoms with van der Waals surface area (Å²) in [6, 6.07) is 16.9. The standard InChI is InChI=1S/C18H17ClO5/c19-15(11-23-17(21)13-7-3-1-4-8-13)16(20)12-24-18(22)14-9-5-2-6-10-14/h1-10,15-16,20H,11-12H2/t15-,16-/m0/s1. The molecular weight excluding hydrogens is 332 g/mol. The molecule has 0 aliphatic heterocycles. The van der Waals surface area contributed by atoms with E-state index in [1.807, 2.05) is 0 Å². The molecule has 2 aromatic carbocycles. The van der Waals surface area contributed by atoms with Crippen LogP contribution in [-0.2, 0) is 9.47 Å². The van der Waals surface area contributed by atoms with Gasteiger partial charge in [-0.05, 0) is 24.3 Å². The van der Waals surface area contributed by atoms with Gasteiger partial charge in [-0.2, -0.15) is 0 Å². The minimum Gasteiger partial charge on any atom is -0.460 e. The molecule has 6 heteroatoms. The van der Waals surface area contributed by atoms with Crippen LogP contribution in [0.5, 0.6) is 0 Å². The molecule has 5 nitrogen and oxygen atoms in total. The van der Waals surface area contributed by atoms with Gasteiger partial charge in [0.1, 0.15) is 19.3 Å². The van der Waals surface area contributed by atoms with E-state index < -0.39 is 23.4 Å². The number of rotatable bonds is 7. The lowest BCUT2D eigenvalue weighted by Crippen LogP contribution is -2.32. The Bertz CT molecular complexity index is 600. The molecule has 0 aliphatic carbocycles. The van der Waals surface area contributed by atoms with Crippen molar-refractivity contribution in [3.8, 4) is 0 Å². The van der Waals surface area contributed by atoms with Crippen LogP contribution in [0.4, 0.5) is 0 Å². The van der Waals surface area contributed by atoms with Crippen LogP contribution in [0, 0.1) is 0 Å². The van der Waals surface area contributed by atoms with Gasteiger partial charge < -0.3 is 14.6 Å². The number of aliphatic hydroxyl groups excluding tert-OH is 1. The summed E-state index contributed by atoms with van der Waals surface area (Å²) in [6.07, 6.45) is -1.15. The van der Waals surface area contributed by atoms with E-state index in [0.717, 1.165) is 0 Å². The van der Waals surface area contributed by atoms with Crippen molar-refractivity contribution in [1.82, 2.24) is 0 Å². The SMILES string of the molecule is O=C(OC[C@H](O)[C@@H](Cl)COC(=O)c1ccccc1)c1ccccc1. The largest absolute Gasteiger partial charge is 0.460 e. The molecule has 0 heterocycles. The fraction of sp³-hybridized carbons (Fsp3) is 0.222. The molecular formula is C18H17ClO5. The maximum Gasteiger partial charge on any atom is 0.338 e. The molecule has 0 fully saturated rings. The van der Waals surface area contributed by atoms with Crippen LogP contribution < -0.4 is 0 Å². The van der Waals surface area contributed by atoms with Crippen LogP contribution in [0.25, 0.3) is 0 Å². The Balaban J connectivity index is 1.75. The van der Waals surface area contributed by atoms with E-state index >= 15 is 0 Å². The van der Waals surface area contributed by atoms with Gasteiger partial charge in [0.2, 0.25) is 0 Å². The third-order valence-corrected chi connectivity index (χ3v) is 3.61. The number of benzene rings is 2. The van der Waals surface area contributed by atoms with Gasteiger partial charge in [0.25, 0.3) is 0 Å². The maximum atomic E-state index is 11.8. The van der Waals surface area contributed by atoms with Gasteiger partial charge in [-0.1, -0.05) is 36.4 Å². The molecule has 0 saturated heterocycles. The topological polar surface area (TPSA) is 72.8 Å². The summed E-state index contributed by atoms with van der Waals surface area (Å²) in [5.74, 6) is -1.09. The van der Waals surface area contributed by atoms with Crippen molar-refractivity contribution in [2.45, 2.75) is 11.5 Å². The lowest BCUT2D eigenvalue weighted by molar-refractivity contribution is 0.0151. The minimum atomic E-state index is -1.15. The molecule has 1 N–H and O–H groups in total. The first-order valence-corrected chi connectivity index (χ1v) is 7.78. The summed E-state index contributed by atoms with van der Waals surface area (Å²) in [5, 5.41) is 9.01. The number of hydrogen-bond acceptors (Lipinski definition) is 5. The number of carbonyl (C=O) groups is 2. The predicted molar refractivity (Wildman–Crippen MR) is 89.1 cm³/mol. The van der Waals surface area contributed by atoms with E-state index in [2.05, 4.69) is 0 Å². The molecule has 0 radical (unpaired) electrons. The molecule has 2 rings (SSSR count). The number of carbonyl (C=O) groups excluding carboxylic acids is 2. The second kappa shape index (κ2) is 9.05. The van der Waals surface area contributed by atoms with Crippen LogP contribution in [0.2, 0.25) is 0 Å². The zero-order valence-corrected chi connectivity index (χ0v) is 13.6. The predicted octanol–water partition coefficient (Wildman–Crippen LogP) is 2.67.